The summed E-state index contributed by atoms with van der Waals surface area (Å²) in [5, 5.41) is 1.88. The molecular formula is C25H26N2O6S. The predicted molar refractivity (Wildman–Crippen MR) is 126 cm³/mol. The topological polar surface area (TPSA) is 102 Å². The number of benzene rings is 2. The number of amides is 2. The molecule has 2 aliphatic rings. The molecule has 0 saturated carbocycles. The fourth-order valence-corrected chi connectivity index (χ4v) is 5.79. The molecule has 1 N–H and O–H groups in total. The van der Waals surface area contributed by atoms with Gasteiger partial charge in [0.2, 0.25) is 11.8 Å². The molecule has 0 aromatic heterocycles. The van der Waals surface area contributed by atoms with Crippen LogP contribution in [0.5, 0.6) is 5.75 Å². The lowest BCUT2D eigenvalue weighted by Gasteiger charge is -2.52. The largest absolute Gasteiger partial charge is 0.494 e. The molecule has 2 aliphatic heterocycles. The van der Waals surface area contributed by atoms with Crippen LogP contribution in [0.4, 0.5) is 0 Å². The number of ether oxygens (including phenoxy) is 2. The first kappa shape index (κ1) is 23.7. The first-order chi connectivity index (χ1) is 16.4. The van der Waals surface area contributed by atoms with E-state index >= 15 is 0 Å². The van der Waals surface area contributed by atoms with Crippen molar-refractivity contribution in [3.8, 4) is 5.75 Å². The number of nitrogens with one attached hydrogen (secondary N) is 1. The van der Waals surface area contributed by atoms with E-state index < -0.39 is 40.1 Å². The van der Waals surface area contributed by atoms with E-state index in [1.165, 1.54) is 4.90 Å². The molecule has 9 heteroatoms. The number of nitrogens with zero attached hydrogens (tertiary/aromatic N) is 1. The second-order valence-electron chi connectivity index (χ2n) is 8.12. The Labute approximate surface area is 200 Å². The number of carbonyl (C=O) groups is 3. The zero-order valence-corrected chi connectivity index (χ0v) is 19.6. The van der Waals surface area contributed by atoms with Crippen LogP contribution in [-0.2, 0) is 42.9 Å². The second kappa shape index (κ2) is 10.2. The van der Waals surface area contributed by atoms with E-state index in [0.717, 1.165) is 11.1 Å². The van der Waals surface area contributed by atoms with Gasteiger partial charge in [0.05, 0.1) is 23.8 Å². The summed E-state index contributed by atoms with van der Waals surface area (Å²) in [6.45, 7) is 6.29. The Bertz CT molecular complexity index is 1140. The van der Waals surface area contributed by atoms with Crippen molar-refractivity contribution in [2.75, 3.05) is 12.4 Å². The molecule has 0 bridgehead atoms. The summed E-state index contributed by atoms with van der Waals surface area (Å²) in [6.07, 6.45) is 0.0410. The van der Waals surface area contributed by atoms with Gasteiger partial charge in [-0.3, -0.25) is 13.8 Å². The Morgan fingerprint density at radius 2 is 1.88 bits per heavy atom. The van der Waals surface area contributed by atoms with Gasteiger partial charge in [-0.2, -0.15) is 0 Å². The highest BCUT2D eigenvalue weighted by Gasteiger charge is 2.59. The average molecular weight is 483 g/mol. The fourth-order valence-electron chi connectivity index (χ4n) is 4.13. The minimum Gasteiger partial charge on any atom is -0.494 e. The highest BCUT2D eigenvalue weighted by atomic mass is 32.2. The van der Waals surface area contributed by atoms with Gasteiger partial charge in [0.25, 0.3) is 0 Å². The molecule has 2 aromatic carbocycles. The maximum atomic E-state index is 12.9. The Morgan fingerprint density at radius 3 is 2.62 bits per heavy atom. The van der Waals surface area contributed by atoms with Gasteiger partial charge in [0, 0.05) is 5.75 Å². The lowest BCUT2D eigenvalue weighted by atomic mass is 9.98. The lowest BCUT2D eigenvalue weighted by molar-refractivity contribution is -0.164. The van der Waals surface area contributed by atoms with E-state index in [0.29, 0.717) is 17.9 Å². The molecule has 4 atom stereocenters. The summed E-state index contributed by atoms with van der Waals surface area (Å²) in [5.74, 6) is -0.764. The maximum absolute atomic E-state index is 12.9. The van der Waals surface area contributed by atoms with E-state index in [2.05, 4.69) is 11.9 Å². The van der Waals surface area contributed by atoms with Crippen LogP contribution < -0.4 is 10.1 Å². The summed E-state index contributed by atoms with van der Waals surface area (Å²) in [7, 11) is -1.49. The van der Waals surface area contributed by atoms with Gasteiger partial charge < -0.3 is 19.7 Å². The minimum absolute atomic E-state index is 0.0410. The Kier molecular flexibility index (Phi) is 7.12. The van der Waals surface area contributed by atoms with Crippen LogP contribution in [0.15, 0.2) is 66.7 Å². The number of fused-ring (bicyclic) bond motifs is 1. The fraction of sp³-hybridized carbons (Fsp3) is 0.320. The third kappa shape index (κ3) is 4.89. The summed E-state index contributed by atoms with van der Waals surface area (Å²) in [5.41, 5.74) is 1.90. The van der Waals surface area contributed by atoms with Crippen LogP contribution in [0.25, 0.3) is 0 Å². The van der Waals surface area contributed by atoms with Crippen molar-refractivity contribution in [3.05, 3.63) is 77.9 Å². The Morgan fingerprint density at radius 1 is 1.15 bits per heavy atom. The number of β-lactam (4-membered cyclic amide) rings is 1. The summed E-state index contributed by atoms with van der Waals surface area (Å²) in [6, 6.07) is 14.3. The first-order valence-corrected chi connectivity index (χ1v) is 12.4. The first-order valence-electron chi connectivity index (χ1n) is 11.0. The summed E-state index contributed by atoms with van der Waals surface area (Å²) in [4.78, 5) is 39.6. The summed E-state index contributed by atoms with van der Waals surface area (Å²) >= 11 is 0. The molecule has 34 heavy (non-hydrogen) atoms. The number of hydrogen-bond acceptors (Lipinski definition) is 6. The van der Waals surface area contributed by atoms with Crippen LogP contribution >= 0.6 is 0 Å². The van der Waals surface area contributed by atoms with Crippen molar-refractivity contribution in [2.45, 2.75) is 37.4 Å². The van der Waals surface area contributed by atoms with Gasteiger partial charge >= 0.3 is 5.97 Å². The third-order valence-electron chi connectivity index (χ3n) is 5.68. The van der Waals surface area contributed by atoms with Crippen LogP contribution in [-0.4, -0.2) is 56.7 Å². The molecule has 2 fully saturated rings. The molecular weight excluding hydrogens is 456 g/mol. The van der Waals surface area contributed by atoms with Gasteiger partial charge in [-0.25, -0.2) is 4.79 Å². The van der Waals surface area contributed by atoms with Gasteiger partial charge in [-0.15, -0.1) is 0 Å². The average Bonchev–Trinajstić information content (AvgIpc) is 2.82. The Hall–Kier alpha value is -3.46. The van der Waals surface area contributed by atoms with Gasteiger partial charge in [-0.05, 0) is 35.8 Å². The van der Waals surface area contributed by atoms with E-state index in [4.69, 9.17) is 9.47 Å². The van der Waals surface area contributed by atoms with Crippen molar-refractivity contribution in [3.63, 3.8) is 0 Å². The van der Waals surface area contributed by atoms with Crippen LogP contribution in [0.2, 0.25) is 0 Å². The SMILES string of the molecule is C=C1CS(=O)[C@H]2C(NC(=O)Cc3cccc(OCC)c3)C(=O)N2C1C(=O)OCc1ccccc1. The van der Waals surface area contributed by atoms with E-state index in [9.17, 15) is 18.6 Å². The molecule has 178 valence electrons. The van der Waals surface area contributed by atoms with Crippen LogP contribution in [0.1, 0.15) is 18.1 Å². The molecule has 0 radical (unpaired) electrons. The molecule has 8 nitrogen and oxygen atoms in total. The highest BCUT2D eigenvalue weighted by molar-refractivity contribution is 7.86. The van der Waals surface area contributed by atoms with Crippen molar-refractivity contribution >= 4 is 28.6 Å². The second-order valence-corrected chi connectivity index (χ2v) is 9.65. The Balaban J connectivity index is 1.40. The van der Waals surface area contributed by atoms with Crippen molar-refractivity contribution in [1.29, 1.82) is 0 Å². The number of esters is 1. The number of rotatable bonds is 8. The monoisotopic (exact) mass is 482 g/mol. The zero-order chi connectivity index (χ0) is 24.2. The number of hydrogen-bond donors (Lipinski definition) is 1. The molecule has 4 rings (SSSR count). The quantitative estimate of drug-likeness (QED) is 0.349. The molecule has 0 spiro atoms. The number of carbonyl (C=O) groups excluding carboxylic acids is 3. The molecule has 2 aromatic rings. The van der Waals surface area contributed by atoms with Gasteiger partial charge in [-0.1, -0.05) is 49.0 Å². The molecule has 2 heterocycles. The highest BCUT2D eigenvalue weighted by Crippen LogP contribution is 2.35. The van der Waals surface area contributed by atoms with Gasteiger partial charge in [0.1, 0.15) is 23.8 Å². The molecule has 2 amide bonds. The standard InChI is InChI=1S/C25H26N2O6S/c1-3-32-19-11-7-10-18(12-19)13-20(28)26-21-23(29)27-22(16(2)15-34(31)24(21)27)25(30)33-14-17-8-5-4-6-9-17/h4-12,21-22,24H,2-3,13-15H2,1H3,(H,26,28)/t21?,22?,24-,34?/m0/s1. The van der Waals surface area contributed by atoms with Crippen LogP contribution in [0.3, 0.4) is 0 Å². The molecule has 3 unspecified atom stereocenters. The van der Waals surface area contributed by atoms with E-state index in [-0.39, 0.29) is 24.7 Å². The predicted octanol–water partition coefficient (Wildman–Crippen LogP) is 1.71. The minimum atomic E-state index is -1.49. The van der Waals surface area contributed by atoms with Gasteiger partial charge in [0.15, 0.2) is 6.04 Å². The van der Waals surface area contributed by atoms with Crippen molar-refractivity contribution < 1.29 is 28.1 Å². The lowest BCUT2D eigenvalue weighted by Crippen LogP contribution is -2.77. The molecule has 0 aliphatic carbocycles. The van der Waals surface area contributed by atoms with E-state index in [1.807, 2.05) is 37.3 Å². The summed E-state index contributed by atoms with van der Waals surface area (Å²) < 4.78 is 23.6. The van der Waals surface area contributed by atoms with Crippen molar-refractivity contribution in [2.24, 2.45) is 0 Å². The third-order valence-corrected chi connectivity index (χ3v) is 7.37. The smallest absolute Gasteiger partial charge is 0.333 e. The zero-order valence-electron chi connectivity index (χ0n) is 18.8. The molecule has 2 saturated heterocycles. The van der Waals surface area contributed by atoms with Crippen molar-refractivity contribution in [1.82, 2.24) is 10.2 Å². The normalized spacial score (nSPS) is 23.5. The van der Waals surface area contributed by atoms with E-state index in [1.54, 1.807) is 24.3 Å². The van der Waals surface area contributed by atoms with Crippen LogP contribution in [0, 0.1) is 0 Å². The maximum Gasteiger partial charge on any atom is 0.333 e.